The summed E-state index contributed by atoms with van der Waals surface area (Å²) in [5, 5.41) is 0. The first-order chi connectivity index (χ1) is 11.0. The van der Waals surface area contributed by atoms with Gasteiger partial charge in [0.05, 0.1) is 0 Å². The number of carbonyl (C=O) groups is 1. The monoisotopic (exact) mass is 332 g/mol. The van der Waals surface area contributed by atoms with Crippen LogP contribution in [0.25, 0.3) is 0 Å². The van der Waals surface area contributed by atoms with Gasteiger partial charge in [-0.15, -0.1) is 0 Å². The summed E-state index contributed by atoms with van der Waals surface area (Å²) in [5.74, 6) is 1.98. The minimum absolute atomic E-state index is 0.0696. The molecule has 1 fully saturated rings. The van der Waals surface area contributed by atoms with Crippen molar-refractivity contribution < 1.29 is 9.53 Å². The third-order valence-corrected chi connectivity index (χ3v) is 5.96. The Morgan fingerprint density at radius 3 is 2.25 bits per heavy atom. The highest BCUT2D eigenvalue weighted by atomic mass is 16.5. The highest BCUT2D eigenvalue weighted by Gasteiger charge is 2.39. The molecule has 2 aliphatic carbocycles. The molecule has 0 bridgehead atoms. The van der Waals surface area contributed by atoms with E-state index in [2.05, 4.69) is 53.7 Å². The van der Waals surface area contributed by atoms with Gasteiger partial charge in [-0.2, -0.15) is 0 Å². The van der Waals surface area contributed by atoms with Gasteiger partial charge >= 0.3 is 5.97 Å². The Labute approximate surface area is 148 Å². The molecular formula is C22H36O2. The molecule has 0 aromatic heterocycles. The molecule has 2 heteroatoms. The second kappa shape index (κ2) is 7.06. The largest absolute Gasteiger partial charge is 0.461 e. The number of ether oxygens (including phenoxy) is 1. The van der Waals surface area contributed by atoms with Crippen LogP contribution in [0.4, 0.5) is 0 Å². The molecule has 2 aliphatic rings. The molecule has 0 aromatic carbocycles. The molecule has 0 radical (unpaired) electrons. The van der Waals surface area contributed by atoms with Crippen molar-refractivity contribution in [3.8, 4) is 0 Å². The van der Waals surface area contributed by atoms with Gasteiger partial charge in [0, 0.05) is 0 Å². The van der Waals surface area contributed by atoms with E-state index in [1.54, 1.807) is 0 Å². The maximum atomic E-state index is 12.9. The van der Waals surface area contributed by atoms with E-state index in [0.29, 0.717) is 23.7 Å². The van der Waals surface area contributed by atoms with Crippen LogP contribution in [0.3, 0.4) is 0 Å². The van der Waals surface area contributed by atoms with Gasteiger partial charge in [-0.05, 0) is 48.9 Å². The fourth-order valence-electron chi connectivity index (χ4n) is 3.95. The predicted octanol–water partition coefficient (Wildman–Crippen LogP) is 5.79. The quantitative estimate of drug-likeness (QED) is 0.483. The van der Waals surface area contributed by atoms with E-state index in [0.717, 1.165) is 6.42 Å². The lowest BCUT2D eigenvalue weighted by molar-refractivity contribution is -0.162. The molecule has 0 amide bonds. The SMILES string of the molecule is CC(C)[C@@H]1CC[C@@H](C)C[C@H]1OC(=O)C1(C)C=CC(C(C)(C)C)C=C1. The lowest BCUT2D eigenvalue weighted by Gasteiger charge is -2.38. The number of carbonyl (C=O) groups excluding carboxylic acids is 1. The van der Waals surface area contributed by atoms with E-state index < -0.39 is 5.41 Å². The summed E-state index contributed by atoms with van der Waals surface area (Å²) >= 11 is 0. The van der Waals surface area contributed by atoms with Gasteiger partial charge in [-0.1, -0.05) is 72.3 Å². The summed E-state index contributed by atoms with van der Waals surface area (Å²) in [7, 11) is 0. The Kier molecular flexibility index (Phi) is 5.67. The lowest BCUT2D eigenvalue weighted by Crippen LogP contribution is -2.39. The second-order valence-corrected chi connectivity index (χ2v) is 9.66. The van der Waals surface area contributed by atoms with E-state index in [9.17, 15) is 4.79 Å². The predicted molar refractivity (Wildman–Crippen MR) is 101 cm³/mol. The highest BCUT2D eigenvalue weighted by Crippen LogP contribution is 2.39. The zero-order valence-electron chi connectivity index (χ0n) is 16.6. The van der Waals surface area contributed by atoms with Crippen LogP contribution in [0, 0.1) is 34.5 Å². The van der Waals surface area contributed by atoms with E-state index >= 15 is 0 Å². The second-order valence-electron chi connectivity index (χ2n) is 9.66. The van der Waals surface area contributed by atoms with Crippen LogP contribution in [0.2, 0.25) is 0 Å². The van der Waals surface area contributed by atoms with Crippen molar-refractivity contribution in [1.29, 1.82) is 0 Å². The number of hydrogen-bond donors (Lipinski definition) is 0. The Hall–Kier alpha value is -1.05. The van der Waals surface area contributed by atoms with Gasteiger partial charge in [0.2, 0.25) is 0 Å². The molecule has 2 nitrogen and oxygen atoms in total. The molecule has 1 saturated carbocycles. The maximum Gasteiger partial charge on any atom is 0.319 e. The number of hydrogen-bond acceptors (Lipinski definition) is 2. The molecular weight excluding hydrogens is 296 g/mol. The topological polar surface area (TPSA) is 26.3 Å². The zero-order valence-corrected chi connectivity index (χ0v) is 16.6. The van der Waals surface area contributed by atoms with Crippen LogP contribution in [0.1, 0.15) is 67.7 Å². The third-order valence-electron chi connectivity index (χ3n) is 5.96. The molecule has 0 saturated heterocycles. The van der Waals surface area contributed by atoms with E-state index in [1.165, 1.54) is 12.8 Å². The zero-order chi connectivity index (χ0) is 18.1. The van der Waals surface area contributed by atoms with Crippen LogP contribution in [0.5, 0.6) is 0 Å². The molecule has 24 heavy (non-hydrogen) atoms. The van der Waals surface area contributed by atoms with Crippen LogP contribution in [-0.2, 0) is 9.53 Å². The summed E-state index contributed by atoms with van der Waals surface area (Å²) in [6, 6.07) is 0. The first kappa shape index (κ1) is 19.3. The molecule has 3 atom stereocenters. The van der Waals surface area contributed by atoms with E-state index in [1.807, 2.05) is 19.1 Å². The van der Waals surface area contributed by atoms with Crippen molar-refractivity contribution in [2.75, 3.05) is 0 Å². The summed E-state index contributed by atoms with van der Waals surface area (Å²) < 4.78 is 6.06. The lowest BCUT2D eigenvalue weighted by atomic mass is 9.73. The summed E-state index contributed by atoms with van der Waals surface area (Å²) in [5.41, 5.74) is -0.441. The first-order valence-corrected chi connectivity index (χ1v) is 9.63. The van der Waals surface area contributed by atoms with Crippen molar-refractivity contribution in [2.24, 2.45) is 34.5 Å². The van der Waals surface area contributed by atoms with E-state index in [4.69, 9.17) is 4.74 Å². The maximum absolute atomic E-state index is 12.9. The average Bonchev–Trinajstić information content (AvgIpc) is 2.46. The van der Waals surface area contributed by atoms with Gasteiger partial charge < -0.3 is 4.74 Å². The molecule has 2 rings (SSSR count). The Morgan fingerprint density at radius 1 is 1.17 bits per heavy atom. The minimum Gasteiger partial charge on any atom is -0.461 e. The fraction of sp³-hybridized carbons (Fsp3) is 0.773. The summed E-state index contributed by atoms with van der Waals surface area (Å²) in [4.78, 5) is 12.9. The van der Waals surface area contributed by atoms with Crippen molar-refractivity contribution in [3.05, 3.63) is 24.3 Å². The molecule has 0 heterocycles. The highest BCUT2D eigenvalue weighted by molar-refractivity contribution is 5.81. The van der Waals surface area contributed by atoms with Crippen LogP contribution < -0.4 is 0 Å². The number of rotatable bonds is 3. The number of allylic oxidation sites excluding steroid dienone is 2. The van der Waals surface area contributed by atoms with Crippen molar-refractivity contribution >= 4 is 5.97 Å². The molecule has 0 spiro atoms. The molecule has 0 aliphatic heterocycles. The molecule has 0 N–H and O–H groups in total. The van der Waals surface area contributed by atoms with Gasteiger partial charge in [0.25, 0.3) is 0 Å². The van der Waals surface area contributed by atoms with Crippen molar-refractivity contribution in [2.45, 2.75) is 73.8 Å². The third kappa shape index (κ3) is 4.32. The van der Waals surface area contributed by atoms with Crippen LogP contribution in [-0.4, -0.2) is 12.1 Å². The average molecular weight is 333 g/mol. The Morgan fingerprint density at radius 2 is 1.75 bits per heavy atom. The van der Waals surface area contributed by atoms with Gasteiger partial charge in [0.1, 0.15) is 11.5 Å². The molecule has 0 unspecified atom stereocenters. The first-order valence-electron chi connectivity index (χ1n) is 9.63. The molecule has 0 aromatic rings. The summed E-state index contributed by atoms with van der Waals surface area (Å²) in [6.45, 7) is 15.4. The van der Waals surface area contributed by atoms with Gasteiger partial charge in [0.15, 0.2) is 0 Å². The molecule has 136 valence electrons. The minimum atomic E-state index is -0.621. The van der Waals surface area contributed by atoms with Crippen LogP contribution >= 0.6 is 0 Å². The van der Waals surface area contributed by atoms with E-state index in [-0.39, 0.29) is 17.5 Å². The smallest absolute Gasteiger partial charge is 0.319 e. The normalized spacial score (nSPS) is 36.8. The standard InChI is InChI=1S/C22H36O2/c1-15(2)18-9-8-16(3)14-19(18)24-20(23)22(7)12-10-17(11-13-22)21(4,5)6/h10-13,15-19H,8-9,14H2,1-7H3/t16-,17?,18+,19-,22?/m1/s1. The van der Waals surface area contributed by atoms with Gasteiger partial charge in [-0.3, -0.25) is 4.79 Å². The number of esters is 1. The Balaban J connectivity index is 2.07. The van der Waals surface area contributed by atoms with Crippen molar-refractivity contribution in [3.63, 3.8) is 0 Å². The van der Waals surface area contributed by atoms with Crippen molar-refractivity contribution in [1.82, 2.24) is 0 Å². The van der Waals surface area contributed by atoms with Gasteiger partial charge in [-0.25, -0.2) is 0 Å². The fourth-order valence-corrected chi connectivity index (χ4v) is 3.95. The summed E-state index contributed by atoms with van der Waals surface area (Å²) in [6.07, 6.45) is 11.9. The van der Waals surface area contributed by atoms with Crippen LogP contribution in [0.15, 0.2) is 24.3 Å². The Bertz CT molecular complexity index is 493.